The molecule has 1 aliphatic heterocycles. The van der Waals surface area contributed by atoms with Gasteiger partial charge in [-0.2, -0.15) is 4.31 Å². The number of nitrogens with one attached hydrogen (secondary N) is 2. The smallest absolute Gasteiger partial charge is 0.251 e. The largest absolute Gasteiger partial charge is 0.354 e. The van der Waals surface area contributed by atoms with Crippen molar-refractivity contribution in [2.24, 2.45) is 0 Å². The van der Waals surface area contributed by atoms with Gasteiger partial charge in [-0.05, 0) is 50.5 Å². The van der Waals surface area contributed by atoms with Crippen molar-refractivity contribution in [1.82, 2.24) is 14.9 Å². The first kappa shape index (κ1) is 19.4. The zero-order valence-electron chi connectivity index (χ0n) is 14.6. The highest BCUT2D eigenvalue weighted by Gasteiger charge is 2.27. The standard InChI is InChI=1S/C17H25N3O4S/c1-3-10-18-16(21)13(2)19-17(22)14-6-8-15(9-7-14)25(23,24)20-11-4-5-12-20/h6-9,13H,3-5,10-12H2,1-2H3,(H,18,21)(H,19,22)/t13-/m1/s1. The second-order valence-electron chi connectivity index (χ2n) is 6.12. The highest BCUT2D eigenvalue weighted by Crippen LogP contribution is 2.21. The lowest BCUT2D eigenvalue weighted by Gasteiger charge is -2.16. The molecule has 2 rings (SSSR count). The minimum atomic E-state index is -3.49. The molecule has 1 aromatic rings. The number of carbonyl (C=O) groups excluding carboxylic acids is 2. The van der Waals surface area contributed by atoms with E-state index in [2.05, 4.69) is 10.6 Å². The molecule has 0 bridgehead atoms. The van der Waals surface area contributed by atoms with E-state index in [1.807, 2.05) is 6.92 Å². The first-order valence-corrected chi connectivity index (χ1v) is 9.99. The summed E-state index contributed by atoms with van der Waals surface area (Å²) >= 11 is 0. The molecule has 1 aromatic carbocycles. The minimum Gasteiger partial charge on any atom is -0.354 e. The van der Waals surface area contributed by atoms with E-state index in [0.717, 1.165) is 19.3 Å². The van der Waals surface area contributed by atoms with Gasteiger partial charge < -0.3 is 10.6 Å². The molecular formula is C17H25N3O4S. The molecule has 0 saturated carbocycles. The van der Waals surface area contributed by atoms with Crippen LogP contribution in [0.25, 0.3) is 0 Å². The third-order valence-corrected chi connectivity index (χ3v) is 6.02. The van der Waals surface area contributed by atoms with Crippen molar-refractivity contribution in [1.29, 1.82) is 0 Å². The van der Waals surface area contributed by atoms with Crippen LogP contribution >= 0.6 is 0 Å². The first-order chi connectivity index (χ1) is 11.9. The Morgan fingerprint density at radius 1 is 1.16 bits per heavy atom. The van der Waals surface area contributed by atoms with Crippen LogP contribution in [0.5, 0.6) is 0 Å². The van der Waals surface area contributed by atoms with Gasteiger partial charge in [-0.25, -0.2) is 8.42 Å². The van der Waals surface area contributed by atoms with E-state index in [1.165, 1.54) is 28.6 Å². The molecule has 0 aromatic heterocycles. The van der Waals surface area contributed by atoms with Crippen LogP contribution in [0.15, 0.2) is 29.2 Å². The summed E-state index contributed by atoms with van der Waals surface area (Å²) in [6.07, 6.45) is 2.56. The van der Waals surface area contributed by atoms with Crippen LogP contribution in [0.3, 0.4) is 0 Å². The summed E-state index contributed by atoms with van der Waals surface area (Å²) in [4.78, 5) is 24.2. The average molecular weight is 367 g/mol. The quantitative estimate of drug-likeness (QED) is 0.755. The van der Waals surface area contributed by atoms with E-state index in [0.29, 0.717) is 25.2 Å². The maximum Gasteiger partial charge on any atom is 0.251 e. The lowest BCUT2D eigenvalue weighted by Crippen LogP contribution is -2.45. The number of hydrogen-bond acceptors (Lipinski definition) is 4. The number of sulfonamides is 1. The second kappa shape index (κ2) is 8.44. The summed E-state index contributed by atoms with van der Waals surface area (Å²) < 4.78 is 26.4. The number of amides is 2. The summed E-state index contributed by atoms with van der Waals surface area (Å²) in [7, 11) is -3.49. The Hall–Kier alpha value is -1.93. The van der Waals surface area contributed by atoms with E-state index in [4.69, 9.17) is 0 Å². The SMILES string of the molecule is CCCNC(=O)[C@@H](C)NC(=O)c1ccc(S(=O)(=O)N2CCCC2)cc1. The van der Waals surface area contributed by atoms with Crippen LogP contribution in [0.1, 0.15) is 43.5 Å². The summed E-state index contributed by atoms with van der Waals surface area (Å²) in [5.74, 6) is -0.660. The third-order valence-electron chi connectivity index (χ3n) is 4.11. The van der Waals surface area contributed by atoms with Crippen LogP contribution in [0, 0.1) is 0 Å². The number of hydrogen-bond donors (Lipinski definition) is 2. The van der Waals surface area contributed by atoms with Crippen LogP contribution in [0.4, 0.5) is 0 Å². The van der Waals surface area contributed by atoms with E-state index in [9.17, 15) is 18.0 Å². The first-order valence-electron chi connectivity index (χ1n) is 8.55. The number of benzene rings is 1. The Bertz CT molecular complexity index is 710. The van der Waals surface area contributed by atoms with Crippen LogP contribution in [-0.4, -0.2) is 50.2 Å². The maximum absolute atomic E-state index is 12.5. The Kier molecular flexibility index (Phi) is 6.55. The van der Waals surface area contributed by atoms with E-state index >= 15 is 0 Å². The number of carbonyl (C=O) groups is 2. The van der Waals surface area contributed by atoms with Gasteiger partial charge in [-0.1, -0.05) is 6.92 Å². The molecule has 1 fully saturated rings. The molecule has 1 heterocycles. The average Bonchev–Trinajstić information content (AvgIpc) is 3.15. The van der Waals surface area contributed by atoms with Gasteiger partial charge in [0.05, 0.1) is 4.90 Å². The molecule has 8 heteroatoms. The summed E-state index contributed by atoms with van der Waals surface area (Å²) in [5, 5.41) is 5.32. The van der Waals surface area contributed by atoms with E-state index < -0.39 is 22.0 Å². The van der Waals surface area contributed by atoms with Crippen LogP contribution < -0.4 is 10.6 Å². The van der Waals surface area contributed by atoms with Gasteiger partial charge in [0.2, 0.25) is 15.9 Å². The minimum absolute atomic E-state index is 0.180. The summed E-state index contributed by atoms with van der Waals surface area (Å²) in [5.41, 5.74) is 0.315. The van der Waals surface area contributed by atoms with Crippen molar-refractivity contribution in [2.45, 2.75) is 44.0 Å². The molecule has 25 heavy (non-hydrogen) atoms. The molecule has 0 radical (unpaired) electrons. The van der Waals surface area contributed by atoms with Crippen LogP contribution in [-0.2, 0) is 14.8 Å². The highest BCUT2D eigenvalue weighted by atomic mass is 32.2. The Morgan fingerprint density at radius 3 is 2.32 bits per heavy atom. The fourth-order valence-electron chi connectivity index (χ4n) is 2.60. The lowest BCUT2D eigenvalue weighted by atomic mass is 10.2. The van der Waals surface area contributed by atoms with Gasteiger partial charge >= 0.3 is 0 Å². The summed E-state index contributed by atoms with van der Waals surface area (Å²) in [6, 6.07) is 5.14. The van der Waals surface area contributed by atoms with Gasteiger partial charge in [-0.15, -0.1) is 0 Å². The summed E-state index contributed by atoms with van der Waals surface area (Å²) in [6.45, 7) is 5.18. The van der Waals surface area contributed by atoms with Crippen molar-refractivity contribution in [2.75, 3.05) is 19.6 Å². The van der Waals surface area contributed by atoms with Crippen molar-refractivity contribution in [3.05, 3.63) is 29.8 Å². The van der Waals surface area contributed by atoms with Crippen molar-refractivity contribution in [3.63, 3.8) is 0 Å². The molecule has 2 amide bonds. The molecular weight excluding hydrogens is 342 g/mol. The predicted molar refractivity (Wildman–Crippen MR) is 94.7 cm³/mol. The molecule has 1 saturated heterocycles. The van der Waals surface area contributed by atoms with Gasteiger partial charge in [-0.3, -0.25) is 9.59 Å². The number of rotatable bonds is 7. The normalized spacial score (nSPS) is 16.4. The second-order valence-corrected chi connectivity index (χ2v) is 8.06. The van der Waals surface area contributed by atoms with E-state index in [1.54, 1.807) is 6.92 Å². The van der Waals surface area contributed by atoms with E-state index in [-0.39, 0.29) is 10.8 Å². The molecule has 2 N–H and O–H groups in total. The highest BCUT2D eigenvalue weighted by molar-refractivity contribution is 7.89. The van der Waals surface area contributed by atoms with Crippen molar-refractivity contribution in [3.8, 4) is 0 Å². The molecule has 138 valence electrons. The van der Waals surface area contributed by atoms with Gasteiger partial charge in [0.15, 0.2) is 0 Å². The molecule has 0 spiro atoms. The molecule has 1 aliphatic rings. The predicted octanol–water partition coefficient (Wildman–Crippen LogP) is 1.12. The Morgan fingerprint density at radius 2 is 1.76 bits per heavy atom. The van der Waals surface area contributed by atoms with Gasteiger partial charge in [0.1, 0.15) is 6.04 Å². The fourth-order valence-corrected chi connectivity index (χ4v) is 4.12. The monoisotopic (exact) mass is 367 g/mol. The maximum atomic E-state index is 12.5. The molecule has 0 unspecified atom stereocenters. The zero-order chi connectivity index (χ0) is 18.4. The Balaban J connectivity index is 2.01. The topological polar surface area (TPSA) is 95.6 Å². The zero-order valence-corrected chi connectivity index (χ0v) is 15.4. The number of nitrogens with zero attached hydrogens (tertiary/aromatic N) is 1. The van der Waals surface area contributed by atoms with Crippen molar-refractivity contribution >= 4 is 21.8 Å². The lowest BCUT2D eigenvalue weighted by molar-refractivity contribution is -0.122. The third kappa shape index (κ3) is 4.79. The van der Waals surface area contributed by atoms with Gasteiger partial charge in [0, 0.05) is 25.2 Å². The van der Waals surface area contributed by atoms with Gasteiger partial charge in [0.25, 0.3) is 5.91 Å². The molecule has 1 atom stereocenters. The fraction of sp³-hybridized carbons (Fsp3) is 0.529. The molecule has 0 aliphatic carbocycles. The van der Waals surface area contributed by atoms with Crippen molar-refractivity contribution < 1.29 is 18.0 Å². The van der Waals surface area contributed by atoms with Crippen LogP contribution in [0.2, 0.25) is 0 Å². The Labute approximate surface area is 148 Å². The molecule has 7 nitrogen and oxygen atoms in total.